The Morgan fingerprint density at radius 1 is 1.36 bits per heavy atom. The van der Waals surface area contributed by atoms with E-state index in [9.17, 15) is 4.39 Å². The summed E-state index contributed by atoms with van der Waals surface area (Å²) in [6, 6.07) is 6.04. The second kappa shape index (κ2) is 7.59. The van der Waals surface area contributed by atoms with Crippen LogP contribution in [-0.4, -0.2) is 24.0 Å². The molecule has 5 nitrogen and oxygen atoms in total. The molecule has 6 heteroatoms. The average Bonchev–Trinajstić information content (AvgIpc) is 2.95. The van der Waals surface area contributed by atoms with Crippen molar-refractivity contribution in [2.24, 2.45) is 16.6 Å². The first-order valence-electron chi connectivity index (χ1n) is 7.28. The van der Waals surface area contributed by atoms with Crippen molar-refractivity contribution in [3.63, 3.8) is 0 Å². The summed E-state index contributed by atoms with van der Waals surface area (Å²) in [5.41, 5.74) is 7.31. The third kappa shape index (κ3) is 4.87. The van der Waals surface area contributed by atoms with Gasteiger partial charge in [0, 0.05) is 25.1 Å². The van der Waals surface area contributed by atoms with E-state index in [0.29, 0.717) is 37.3 Å². The number of nitrogens with two attached hydrogens (primary N) is 1. The van der Waals surface area contributed by atoms with Crippen molar-refractivity contribution in [2.75, 3.05) is 13.1 Å². The summed E-state index contributed by atoms with van der Waals surface area (Å²) in [7, 11) is 0. The smallest absolute Gasteiger partial charge is 0.226 e. The quantitative estimate of drug-likeness (QED) is 0.635. The molecule has 1 aromatic heterocycles. The van der Waals surface area contributed by atoms with Gasteiger partial charge in [-0.1, -0.05) is 13.8 Å². The average molecular weight is 304 g/mol. The lowest BCUT2D eigenvalue weighted by Crippen LogP contribution is -2.33. The first-order chi connectivity index (χ1) is 10.5. The molecule has 0 aliphatic heterocycles. The Kier molecular flexibility index (Phi) is 5.52. The van der Waals surface area contributed by atoms with Gasteiger partial charge in [0.25, 0.3) is 0 Å². The number of nitrogens with one attached hydrogen (secondary N) is 1. The number of oxazole rings is 1. The Labute approximate surface area is 129 Å². The fourth-order valence-corrected chi connectivity index (χ4v) is 1.80. The molecule has 0 radical (unpaired) electrons. The number of aliphatic imine (C=N–C) groups is 1. The highest BCUT2D eigenvalue weighted by Gasteiger charge is 2.06. The maximum Gasteiger partial charge on any atom is 0.226 e. The number of hydrogen-bond acceptors (Lipinski definition) is 3. The van der Waals surface area contributed by atoms with Gasteiger partial charge in [-0.3, -0.25) is 4.99 Å². The molecule has 22 heavy (non-hydrogen) atoms. The second-order valence-corrected chi connectivity index (χ2v) is 5.45. The van der Waals surface area contributed by atoms with E-state index in [-0.39, 0.29) is 5.82 Å². The normalized spacial score (nSPS) is 11.9. The Bertz CT molecular complexity index is 619. The molecule has 0 saturated heterocycles. The van der Waals surface area contributed by atoms with Crippen molar-refractivity contribution < 1.29 is 8.81 Å². The standard InChI is InChI=1S/C16H21FN4O/c1-11(2)9-20-16(18)19-8-7-14-10-22-15(21-14)12-3-5-13(17)6-4-12/h3-6,10-11H,7-9H2,1-2H3,(H3,18,19,20). The lowest BCUT2D eigenvalue weighted by atomic mass is 10.2. The van der Waals surface area contributed by atoms with Gasteiger partial charge in [0.2, 0.25) is 5.89 Å². The number of aromatic nitrogens is 1. The van der Waals surface area contributed by atoms with Gasteiger partial charge in [-0.25, -0.2) is 9.37 Å². The SMILES string of the molecule is CC(C)CN=C(N)NCCc1coc(-c2ccc(F)cc2)n1. The van der Waals surface area contributed by atoms with Crippen LogP contribution in [0.25, 0.3) is 11.5 Å². The fourth-order valence-electron chi connectivity index (χ4n) is 1.80. The van der Waals surface area contributed by atoms with Crippen LogP contribution in [0, 0.1) is 11.7 Å². The number of nitrogens with zero attached hydrogens (tertiary/aromatic N) is 2. The Hall–Kier alpha value is -2.37. The monoisotopic (exact) mass is 304 g/mol. The van der Waals surface area contributed by atoms with E-state index in [1.54, 1.807) is 18.4 Å². The molecule has 0 spiro atoms. The van der Waals surface area contributed by atoms with Crippen LogP contribution in [0.3, 0.4) is 0 Å². The molecular formula is C16H21FN4O. The molecule has 0 saturated carbocycles. The molecule has 0 atom stereocenters. The topological polar surface area (TPSA) is 76.4 Å². The summed E-state index contributed by atoms with van der Waals surface area (Å²) in [5.74, 6) is 1.12. The molecule has 0 amide bonds. The van der Waals surface area contributed by atoms with Crippen molar-refractivity contribution in [1.82, 2.24) is 10.3 Å². The van der Waals surface area contributed by atoms with E-state index >= 15 is 0 Å². The van der Waals surface area contributed by atoms with Gasteiger partial charge in [0.1, 0.15) is 12.1 Å². The summed E-state index contributed by atoms with van der Waals surface area (Å²) in [6.07, 6.45) is 2.27. The van der Waals surface area contributed by atoms with Crippen LogP contribution in [0.5, 0.6) is 0 Å². The van der Waals surface area contributed by atoms with E-state index < -0.39 is 0 Å². The number of halogens is 1. The molecule has 2 rings (SSSR count). The molecule has 118 valence electrons. The van der Waals surface area contributed by atoms with Crippen LogP contribution in [0.15, 0.2) is 39.9 Å². The zero-order valence-electron chi connectivity index (χ0n) is 12.8. The van der Waals surface area contributed by atoms with Gasteiger partial charge in [0.05, 0.1) is 5.69 Å². The molecule has 0 fully saturated rings. The number of hydrogen-bond donors (Lipinski definition) is 2. The number of benzene rings is 1. The predicted octanol–water partition coefficient (Wildman–Crippen LogP) is 2.58. The minimum absolute atomic E-state index is 0.282. The van der Waals surface area contributed by atoms with Crippen LogP contribution >= 0.6 is 0 Å². The number of guanidine groups is 1. The molecule has 1 heterocycles. The van der Waals surface area contributed by atoms with Crippen molar-refractivity contribution in [1.29, 1.82) is 0 Å². The second-order valence-electron chi connectivity index (χ2n) is 5.45. The highest BCUT2D eigenvalue weighted by Crippen LogP contribution is 2.18. The maximum atomic E-state index is 12.9. The molecule has 0 bridgehead atoms. The minimum atomic E-state index is -0.282. The maximum absolute atomic E-state index is 12.9. The third-order valence-corrected chi connectivity index (χ3v) is 2.96. The van der Waals surface area contributed by atoms with Crippen LogP contribution in [-0.2, 0) is 6.42 Å². The van der Waals surface area contributed by atoms with Gasteiger partial charge >= 0.3 is 0 Å². The lowest BCUT2D eigenvalue weighted by molar-refractivity contribution is 0.571. The largest absolute Gasteiger partial charge is 0.444 e. The summed E-state index contributed by atoms with van der Waals surface area (Å²) in [6.45, 7) is 5.51. The van der Waals surface area contributed by atoms with E-state index in [1.807, 2.05) is 0 Å². The zero-order chi connectivity index (χ0) is 15.9. The Balaban J connectivity index is 1.85. The molecular weight excluding hydrogens is 283 g/mol. The molecule has 0 aliphatic carbocycles. The van der Waals surface area contributed by atoms with E-state index in [0.717, 1.165) is 11.3 Å². The van der Waals surface area contributed by atoms with Gasteiger partial charge in [-0.2, -0.15) is 0 Å². The van der Waals surface area contributed by atoms with Gasteiger partial charge in [0.15, 0.2) is 5.96 Å². The van der Waals surface area contributed by atoms with Crippen LogP contribution in [0.2, 0.25) is 0 Å². The summed E-state index contributed by atoms with van der Waals surface area (Å²) < 4.78 is 18.3. The van der Waals surface area contributed by atoms with E-state index in [4.69, 9.17) is 10.2 Å². The van der Waals surface area contributed by atoms with Crippen molar-refractivity contribution in [3.8, 4) is 11.5 Å². The Morgan fingerprint density at radius 2 is 2.09 bits per heavy atom. The highest BCUT2D eigenvalue weighted by atomic mass is 19.1. The summed E-state index contributed by atoms with van der Waals surface area (Å²) >= 11 is 0. The first-order valence-corrected chi connectivity index (χ1v) is 7.28. The van der Waals surface area contributed by atoms with Crippen molar-refractivity contribution in [3.05, 3.63) is 42.0 Å². The number of rotatable bonds is 6. The van der Waals surface area contributed by atoms with Crippen LogP contribution < -0.4 is 11.1 Å². The van der Waals surface area contributed by atoms with E-state index in [2.05, 4.69) is 29.1 Å². The van der Waals surface area contributed by atoms with Crippen LogP contribution in [0.4, 0.5) is 4.39 Å². The molecule has 1 aromatic carbocycles. The van der Waals surface area contributed by atoms with Gasteiger partial charge in [-0.15, -0.1) is 0 Å². The Morgan fingerprint density at radius 3 is 2.77 bits per heavy atom. The zero-order valence-corrected chi connectivity index (χ0v) is 12.8. The highest BCUT2D eigenvalue weighted by molar-refractivity contribution is 5.77. The predicted molar refractivity (Wildman–Crippen MR) is 84.9 cm³/mol. The van der Waals surface area contributed by atoms with Crippen molar-refractivity contribution >= 4 is 5.96 Å². The lowest BCUT2D eigenvalue weighted by Gasteiger charge is -2.05. The van der Waals surface area contributed by atoms with E-state index in [1.165, 1.54) is 12.1 Å². The van der Waals surface area contributed by atoms with Crippen LogP contribution in [0.1, 0.15) is 19.5 Å². The minimum Gasteiger partial charge on any atom is -0.444 e. The molecule has 0 unspecified atom stereocenters. The summed E-state index contributed by atoms with van der Waals surface area (Å²) in [5, 5.41) is 3.04. The van der Waals surface area contributed by atoms with Crippen molar-refractivity contribution in [2.45, 2.75) is 20.3 Å². The molecule has 2 aromatic rings. The molecule has 3 N–H and O–H groups in total. The third-order valence-electron chi connectivity index (χ3n) is 2.96. The summed E-state index contributed by atoms with van der Waals surface area (Å²) in [4.78, 5) is 8.59. The van der Waals surface area contributed by atoms with Gasteiger partial charge in [-0.05, 0) is 30.2 Å². The van der Waals surface area contributed by atoms with Gasteiger partial charge < -0.3 is 15.5 Å². The fraction of sp³-hybridized carbons (Fsp3) is 0.375. The molecule has 0 aliphatic rings. The first kappa shape index (κ1) is 16.0.